The number of carbonyl (C=O) groups excluding carboxylic acids is 1. The smallest absolute Gasteiger partial charge is 0.194 e. The Hall–Kier alpha value is -0.630. The van der Waals surface area contributed by atoms with Gasteiger partial charge in [0.1, 0.15) is 6.10 Å². The summed E-state index contributed by atoms with van der Waals surface area (Å²) >= 11 is 0. The monoisotopic (exact) mass is 84.0 g/mol. The van der Waals surface area contributed by atoms with Gasteiger partial charge in [0.05, 0.1) is 0 Å². The van der Waals surface area contributed by atoms with Gasteiger partial charge in [-0.2, -0.15) is 0 Å². The van der Waals surface area contributed by atoms with Crippen molar-refractivity contribution in [2.24, 2.45) is 0 Å². The summed E-state index contributed by atoms with van der Waals surface area (Å²) in [6.45, 7) is 3.23. The zero-order chi connectivity index (χ0) is 4.73. The van der Waals surface area contributed by atoms with E-state index in [9.17, 15) is 4.79 Å². The van der Waals surface area contributed by atoms with Crippen LogP contribution >= 0.6 is 0 Å². The minimum Gasteiger partial charge on any atom is -0.380 e. The van der Waals surface area contributed by atoms with Gasteiger partial charge in [-0.25, -0.2) is 0 Å². The Morgan fingerprint density at radius 2 is 2.00 bits per heavy atom. The molecule has 6 heavy (non-hydrogen) atoms. The van der Waals surface area contributed by atoms with Gasteiger partial charge in [-0.05, 0) is 0 Å². The minimum absolute atomic E-state index is 0.213. The minimum atomic E-state index is -0.815. The maximum atomic E-state index is 9.87. The molecule has 0 saturated heterocycles. The van der Waals surface area contributed by atoms with Crippen LogP contribution in [-0.4, -0.2) is 17.0 Å². The van der Waals surface area contributed by atoms with Gasteiger partial charge in [-0.15, -0.1) is 0 Å². The molecule has 0 spiro atoms. The van der Waals surface area contributed by atoms with Gasteiger partial charge in [-0.1, -0.05) is 6.58 Å². The fourth-order valence-electron chi connectivity index (χ4n) is 0.231. The molecule has 1 unspecified atom stereocenters. The molecule has 1 saturated carbocycles. The average molecular weight is 84.1 g/mol. The molecule has 1 aliphatic carbocycles. The summed E-state index contributed by atoms with van der Waals surface area (Å²) in [5, 5.41) is 8.25. The third-order valence-electron chi connectivity index (χ3n) is 0.812. The fourth-order valence-corrected chi connectivity index (χ4v) is 0.231. The van der Waals surface area contributed by atoms with Crippen LogP contribution in [0.25, 0.3) is 0 Å². The van der Waals surface area contributed by atoms with Gasteiger partial charge in [0.2, 0.25) is 0 Å². The second-order valence-electron chi connectivity index (χ2n) is 1.29. The standard InChI is InChI=1S/C4H4O2/c1-2-3(5)4(2)6/h3,5H,1H2. The molecule has 0 amide bonds. The van der Waals surface area contributed by atoms with Crippen molar-refractivity contribution < 1.29 is 9.90 Å². The van der Waals surface area contributed by atoms with E-state index in [1.165, 1.54) is 0 Å². The molecule has 1 fully saturated rings. The van der Waals surface area contributed by atoms with E-state index in [4.69, 9.17) is 5.11 Å². The topological polar surface area (TPSA) is 37.3 Å². The van der Waals surface area contributed by atoms with Crippen LogP contribution < -0.4 is 0 Å². The maximum absolute atomic E-state index is 9.87. The van der Waals surface area contributed by atoms with Crippen molar-refractivity contribution in [2.45, 2.75) is 6.10 Å². The summed E-state index contributed by atoms with van der Waals surface area (Å²) < 4.78 is 0. The molecule has 0 radical (unpaired) electrons. The zero-order valence-corrected chi connectivity index (χ0v) is 3.14. The van der Waals surface area contributed by atoms with Crippen LogP contribution in [0.15, 0.2) is 12.2 Å². The normalized spacial score (nSPS) is 31.2. The molecule has 0 aromatic carbocycles. The number of hydrogen-bond donors (Lipinski definition) is 1. The van der Waals surface area contributed by atoms with Crippen molar-refractivity contribution in [3.63, 3.8) is 0 Å². The highest BCUT2D eigenvalue weighted by atomic mass is 16.3. The summed E-state index contributed by atoms with van der Waals surface area (Å²) in [7, 11) is 0. The lowest BCUT2D eigenvalue weighted by Crippen LogP contribution is -1.76. The van der Waals surface area contributed by atoms with E-state index >= 15 is 0 Å². The average Bonchev–Trinajstić information content (AvgIpc) is 1.94. The summed E-state index contributed by atoms with van der Waals surface area (Å²) in [6.07, 6.45) is -0.815. The Bertz CT molecular complexity index is 101. The highest BCUT2D eigenvalue weighted by Gasteiger charge is 2.38. The Balaban J connectivity index is 2.75. The maximum Gasteiger partial charge on any atom is 0.194 e. The van der Waals surface area contributed by atoms with Gasteiger partial charge in [0.25, 0.3) is 0 Å². The van der Waals surface area contributed by atoms with Gasteiger partial charge in [-0.3, -0.25) is 4.79 Å². The Morgan fingerprint density at radius 1 is 1.83 bits per heavy atom. The van der Waals surface area contributed by atoms with Gasteiger partial charge >= 0.3 is 0 Å². The van der Waals surface area contributed by atoms with Crippen molar-refractivity contribution in [1.29, 1.82) is 0 Å². The number of aliphatic hydroxyl groups excluding tert-OH is 1. The lowest BCUT2D eigenvalue weighted by atomic mass is 10.7. The molecule has 1 N–H and O–H groups in total. The molecule has 32 valence electrons. The summed E-state index contributed by atoms with van der Waals surface area (Å²) in [5.41, 5.74) is 0.343. The predicted molar refractivity (Wildman–Crippen MR) is 20.2 cm³/mol. The zero-order valence-electron chi connectivity index (χ0n) is 3.14. The lowest BCUT2D eigenvalue weighted by molar-refractivity contribution is -0.111. The third-order valence-corrected chi connectivity index (χ3v) is 0.812. The molecule has 1 atom stereocenters. The SMILES string of the molecule is C=C1C(=O)C1O. The molecule has 0 heterocycles. The van der Waals surface area contributed by atoms with Crippen LogP contribution in [0.5, 0.6) is 0 Å². The molecular formula is C4H4O2. The van der Waals surface area contributed by atoms with Gasteiger partial charge in [0.15, 0.2) is 5.78 Å². The largest absolute Gasteiger partial charge is 0.380 e. The number of aliphatic hydroxyl groups is 1. The van der Waals surface area contributed by atoms with Crippen molar-refractivity contribution in [3.8, 4) is 0 Å². The van der Waals surface area contributed by atoms with Gasteiger partial charge in [0, 0.05) is 5.57 Å². The van der Waals surface area contributed by atoms with Crippen LogP contribution in [0.2, 0.25) is 0 Å². The fraction of sp³-hybridized carbons (Fsp3) is 0.250. The molecule has 1 rings (SSSR count). The molecule has 0 aliphatic heterocycles. The number of carbonyl (C=O) groups is 1. The first-order valence-corrected chi connectivity index (χ1v) is 1.64. The van der Waals surface area contributed by atoms with Gasteiger partial charge < -0.3 is 5.11 Å². The first-order chi connectivity index (χ1) is 2.73. The second kappa shape index (κ2) is 0.708. The molecule has 2 nitrogen and oxygen atoms in total. The predicted octanol–water partition coefficient (Wildman–Crippen LogP) is -0.514. The van der Waals surface area contributed by atoms with E-state index < -0.39 is 6.10 Å². The number of ketones is 1. The highest BCUT2D eigenvalue weighted by Crippen LogP contribution is 2.19. The van der Waals surface area contributed by atoms with Crippen molar-refractivity contribution >= 4 is 5.78 Å². The number of Topliss-reactive ketones (excluding diaryl/α,β-unsaturated/α-hetero) is 1. The van der Waals surface area contributed by atoms with E-state index in [0.29, 0.717) is 5.57 Å². The number of hydrogen-bond acceptors (Lipinski definition) is 2. The Kier molecular flexibility index (Phi) is 0.420. The first-order valence-electron chi connectivity index (χ1n) is 1.64. The Morgan fingerprint density at radius 3 is 2.00 bits per heavy atom. The molecule has 2 heteroatoms. The van der Waals surface area contributed by atoms with Crippen LogP contribution in [0.4, 0.5) is 0 Å². The number of rotatable bonds is 0. The summed E-state index contributed by atoms with van der Waals surface area (Å²) in [5.74, 6) is -0.213. The van der Waals surface area contributed by atoms with E-state index in [1.807, 2.05) is 0 Å². The first kappa shape index (κ1) is 3.56. The van der Waals surface area contributed by atoms with Crippen molar-refractivity contribution in [2.75, 3.05) is 0 Å². The van der Waals surface area contributed by atoms with E-state index in [1.54, 1.807) is 0 Å². The van der Waals surface area contributed by atoms with Crippen LogP contribution in [0.1, 0.15) is 0 Å². The molecule has 0 bridgehead atoms. The van der Waals surface area contributed by atoms with Crippen LogP contribution in [0.3, 0.4) is 0 Å². The lowest BCUT2D eigenvalue weighted by Gasteiger charge is -1.57. The molecule has 1 aliphatic rings. The quantitative estimate of drug-likeness (QED) is 0.401. The van der Waals surface area contributed by atoms with E-state index in [2.05, 4.69) is 6.58 Å². The van der Waals surface area contributed by atoms with Crippen LogP contribution in [-0.2, 0) is 4.79 Å². The third kappa shape index (κ3) is 0.216. The molecule has 0 aromatic heterocycles. The second-order valence-corrected chi connectivity index (χ2v) is 1.29. The molecular weight excluding hydrogens is 80.0 g/mol. The Labute approximate surface area is 35.1 Å². The van der Waals surface area contributed by atoms with E-state index in [-0.39, 0.29) is 5.78 Å². The van der Waals surface area contributed by atoms with E-state index in [0.717, 1.165) is 0 Å². The summed E-state index contributed by atoms with van der Waals surface area (Å²) in [4.78, 5) is 9.87. The summed E-state index contributed by atoms with van der Waals surface area (Å²) in [6, 6.07) is 0. The highest BCUT2D eigenvalue weighted by molar-refractivity contribution is 6.18. The van der Waals surface area contributed by atoms with Crippen molar-refractivity contribution in [3.05, 3.63) is 12.2 Å². The van der Waals surface area contributed by atoms with Crippen molar-refractivity contribution in [1.82, 2.24) is 0 Å². The molecule has 0 aromatic rings. The van der Waals surface area contributed by atoms with Crippen LogP contribution in [0, 0.1) is 0 Å².